The fraction of sp³-hybridized carbons (Fsp3) is 0.100. The van der Waals surface area contributed by atoms with Crippen molar-refractivity contribution in [2.75, 3.05) is 0 Å². The number of H-pyrrole nitrogens is 1. The monoisotopic (exact) mass is 219 g/mol. The summed E-state index contributed by atoms with van der Waals surface area (Å²) in [7, 11) is 0. The SMILES string of the molecule is O=c1cc(O)n(Cc2ccncc2)c(=O)[nH]1. The van der Waals surface area contributed by atoms with Crippen molar-refractivity contribution in [1.82, 2.24) is 14.5 Å². The van der Waals surface area contributed by atoms with Crippen LogP contribution in [0.4, 0.5) is 0 Å². The standard InChI is InChI=1S/C10H9N3O3/c14-8-5-9(15)13(10(16)12-8)6-7-1-3-11-4-2-7/h1-5,15H,6H2,(H,12,14,16). The largest absolute Gasteiger partial charge is 0.494 e. The summed E-state index contributed by atoms with van der Waals surface area (Å²) in [4.78, 5) is 28.2. The average molecular weight is 219 g/mol. The first-order valence-electron chi connectivity index (χ1n) is 4.59. The Morgan fingerprint density at radius 2 is 2.00 bits per heavy atom. The van der Waals surface area contributed by atoms with Crippen LogP contribution < -0.4 is 11.2 Å². The van der Waals surface area contributed by atoms with Gasteiger partial charge in [0.25, 0.3) is 5.56 Å². The number of aromatic hydroxyl groups is 1. The lowest BCUT2D eigenvalue weighted by Gasteiger charge is -2.06. The van der Waals surface area contributed by atoms with Crippen molar-refractivity contribution in [2.24, 2.45) is 0 Å². The highest BCUT2D eigenvalue weighted by molar-refractivity contribution is 5.14. The predicted octanol–water partition coefficient (Wildman–Crippen LogP) is -0.315. The lowest BCUT2D eigenvalue weighted by molar-refractivity contribution is 0.409. The molecule has 0 aliphatic heterocycles. The zero-order valence-electron chi connectivity index (χ0n) is 8.25. The van der Waals surface area contributed by atoms with E-state index in [4.69, 9.17) is 0 Å². The Kier molecular flexibility index (Phi) is 2.55. The second kappa shape index (κ2) is 4.01. The number of hydrogen-bond acceptors (Lipinski definition) is 4. The highest BCUT2D eigenvalue weighted by Crippen LogP contribution is 2.05. The second-order valence-corrected chi connectivity index (χ2v) is 3.24. The van der Waals surface area contributed by atoms with E-state index < -0.39 is 11.2 Å². The molecule has 2 N–H and O–H groups in total. The molecule has 0 aromatic carbocycles. The predicted molar refractivity (Wildman–Crippen MR) is 56.3 cm³/mol. The van der Waals surface area contributed by atoms with Crippen LogP contribution in [0.15, 0.2) is 40.2 Å². The van der Waals surface area contributed by atoms with E-state index in [9.17, 15) is 14.7 Å². The Balaban J connectivity index is 2.43. The summed E-state index contributed by atoms with van der Waals surface area (Å²) in [6.07, 6.45) is 3.17. The number of pyridine rings is 1. The van der Waals surface area contributed by atoms with E-state index in [1.54, 1.807) is 24.5 Å². The molecular weight excluding hydrogens is 210 g/mol. The summed E-state index contributed by atoms with van der Waals surface area (Å²) >= 11 is 0. The van der Waals surface area contributed by atoms with Gasteiger partial charge in [0.2, 0.25) is 5.88 Å². The van der Waals surface area contributed by atoms with Gasteiger partial charge in [-0.15, -0.1) is 0 Å². The molecule has 0 saturated carbocycles. The van der Waals surface area contributed by atoms with Crippen LogP contribution in [0.25, 0.3) is 0 Å². The number of nitrogens with one attached hydrogen (secondary N) is 1. The van der Waals surface area contributed by atoms with Crippen LogP contribution >= 0.6 is 0 Å². The molecule has 2 aromatic rings. The molecule has 0 unspecified atom stereocenters. The average Bonchev–Trinajstić information content (AvgIpc) is 2.25. The maximum Gasteiger partial charge on any atom is 0.331 e. The van der Waals surface area contributed by atoms with E-state index in [1.807, 2.05) is 0 Å². The molecule has 0 bridgehead atoms. The summed E-state index contributed by atoms with van der Waals surface area (Å²) in [5, 5.41) is 9.46. The number of aromatic nitrogens is 3. The molecule has 0 fully saturated rings. The summed E-state index contributed by atoms with van der Waals surface area (Å²) in [6, 6.07) is 4.40. The van der Waals surface area contributed by atoms with Gasteiger partial charge < -0.3 is 5.11 Å². The Morgan fingerprint density at radius 1 is 1.31 bits per heavy atom. The van der Waals surface area contributed by atoms with Crippen LogP contribution in [0.2, 0.25) is 0 Å². The molecule has 2 heterocycles. The third kappa shape index (κ3) is 2.00. The van der Waals surface area contributed by atoms with Gasteiger partial charge in [-0.3, -0.25) is 19.3 Å². The molecule has 16 heavy (non-hydrogen) atoms. The van der Waals surface area contributed by atoms with Crippen molar-refractivity contribution in [3.8, 4) is 5.88 Å². The van der Waals surface area contributed by atoms with Gasteiger partial charge in [0.15, 0.2) is 0 Å². The van der Waals surface area contributed by atoms with Crippen LogP contribution in [-0.4, -0.2) is 19.6 Å². The van der Waals surface area contributed by atoms with Crippen molar-refractivity contribution >= 4 is 0 Å². The van der Waals surface area contributed by atoms with Crippen LogP contribution in [0.5, 0.6) is 5.88 Å². The molecule has 0 radical (unpaired) electrons. The molecule has 2 rings (SSSR count). The van der Waals surface area contributed by atoms with Gasteiger partial charge in [0.1, 0.15) is 0 Å². The summed E-state index contributed by atoms with van der Waals surface area (Å²) in [6.45, 7) is 0.184. The summed E-state index contributed by atoms with van der Waals surface area (Å²) in [5.41, 5.74) is -0.449. The fourth-order valence-electron chi connectivity index (χ4n) is 1.33. The van der Waals surface area contributed by atoms with Gasteiger partial charge in [-0.2, -0.15) is 0 Å². The third-order valence-corrected chi connectivity index (χ3v) is 2.10. The molecule has 2 aromatic heterocycles. The maximum absolute atomic E-state index is 11.4. The highest BCUT2D eigenvalue weighted by atomic mass is 16.3. The van der Waals surface area contributed by atoms with Gasteiger partial charge in [-0.05, 0) is 17.7 Å². The van der Waals surface area contributed by atoms with Crippen molar-refractivity contribution in [1.29, 1.82) is 0 Å². The molecule has 0 spiro atoms. The molecule has 0 aliphatic rings. The van der Waals surface area contributed by atoms with Crippen molar-refractivity contribution < 1.29 is 5.11 Å². The third-order valence-electron chi connectivity index (χ3n) is 2.10. The van der Waals surface area contributed by atoms with Gasteiger partial charge >= 0.3 is 5.69 Å². The zero-order valence-corrected chi connectivity index (χ0v) is 8.25. The van der Waals surface area contributed by atoms with E-state index in [0.717, 1.165) is 16.2 Å². The van der Waals surface area contributed by atoms with E-state index in [1.165, 1.54) is 0 Å². The number of aromatic amines is 1. The van der Waals surface area contributed by atoms with Crippen LogP contribution in [0.1, 0.15) is 5.56 Å². The topological polar surface area (TPSA) is 88.0 Å². The Hall–Kier alpha value is -2.37. The minimum atomic E-state index is -0.637. The van der Waals surface area contributed by atoms with Gasteiger partial charge in [0, 0.05) is 12.4 Å². The zero-order chi connectivity index (χ0) is 11.5. The van der Waals surface area contributed by atoms with Crippen LogP contribution in [0, 0.1) is 0 Å². The molecule has 0 atom stereocenters. The molecule has 6 nitrogen and oxygen atoms in total. The number of hydrogen-bond donors (Lipinski definition) is 2. The van der Waals surface area contributed by atoms with Gasteiger partial charge in [-0.25, -0.2) is 4.79 Å². The number of rotatable bonds is 2. The van der Waals surface area contributed by atoms with Crippen LogP contribution in [0.3, 0.4) is 0 Å². The Bertz CT molecular complexity index is 601. The van der Waals surface area contributed by atoms with Crippen molar-refractivity contribution in [3.63, 3.8) is 0 Å². The summed E-state index contributed by atoms with van der Waals surface area (Å²) in [5.74, 6) is -0.356. The molecule has 0 amide bonds. The minimum absolute atomic E-state index is 0.184. The highest BCUT2D eigenvalue weighted by Gasteiger charge is 2.04. The molecule has 82 valence electrons. The first-order valence-corrected chi connectivity index (χ1v) is 4.59. The van der Waals surface area contributed by atoms with E-state index in [-0.39, 0.29) is 12.4 Å². The Labute approximate surface area is 89.8 Å². The first-order chi connectivity index (χ1) is 7.66. The smallest absolute Gasteiger partial charge is 0.331 e. The van der Waals surface area contributed by atoms with Crippen LogP contribution in [-0.2, 0) is 6.54 Å². The summed E-state index contributed by atoms with van der Waals surface area (Å²) < 4.78 is 1.07. The Morgan fingerprint density at radius 3 is 2.62 bits per heavy atom. The quantitative estimate of drug-likeness (QED) is 0.724. The normalized spacial score (nSPS) is 10.2. The lowest BCUT2D eigenvalue weighted by atomic mass is 10.3. The molecule has 0 aliphatic carbocycles. The van der Waals surface area contributed by atoms with E-state index in [2.05, 4.69) is 9.97 Å². The maximum atomic E-state index is 11.4. The number of nitrogens with zero attached hydrogens (tertiary/aromatic N) is 2. The van der Waals surface area contributed by atoms with Gasteiger partial charge in [0.05, 0.1) is 12.6 Å². The second-order valence-electron chi connectivity index (χ2n) is 3.24. The lowest BCUT2D eigenvalue weighted by Crippen LogP contribution is -2.29. The van der Waals surface area contributed by atoms with Crippen molar-refractivity contribution in [3.05, 3.63) is 57.0 Å². The van der Waals surface area contributed by atoms with E-state index in [0.29, 0.717) is 0 Å². The van der Waals surface area contributed by atoms with E-state index >= 15 is 0 Å². The minimum Gasteiger partial charge on any atom is -0.494 e. The van der Waals surface area contributed by atoms with Gasteiger partial charge in [-0.1, -0.05) is 0 Å². The fourth-order valence-corrected chi connectivity index (χ4v) is 1.33. The molecule has 0 saturated heterocycles. The molecule has 6 heteroatoms. The first kappa shape index (κ1) is 10.2. The van der Waals surface area contributed by atoms with Crippen molar-refractivity contribution in [2.45, 2.75) is 6.54 Å². The molecular formula is C10H9N3O3.